The first-order valence-electron chi connectivity index (χ1n) is 9.39. The molecule has 1 aromatic carbocycles. The molecule has 1 aliphatic carbocycles. The third-order valence-electron chi connectivity index (χ3n) is 5.63. The Balaban J connectivity index is 1.39. The molecule has 1 aromatic heterocycles. The van der Waals surface area contributed by atoms with Crippen molar-refractivity contribution in [2.75, 3.05) is 37.7 Å². The van der Waals surface area contributed by atoms with Gasteiger partial charge < -0.3 is 15.0 Å². The van der Waals surface area contributed by atoms with Crippen molar-refractivity contribution in [3.05, 3.63) is 59.8 Å². The molecule has 4 rings (SSSR count). The van der Waals surface area contributed by atoms with Crippen molar-refractivity contribution in [2.45, 2.75) is 24.7 Å². The number of amides is 1. The van der Waals surface area contributed by atoms with E-state index < -0.39 is 0 Å². The van der Waals surface area contributed by atoms with E-state index in [0.29, 0.717) is 12.1 Å². The van der Waals surface area contributed by atoms with Gasteiger partial charge in [0.15, 0.2) is 0 Å². The molecule has 1 saturated heterocycles. The van der Waals surface area contributed by atoms with E-state index in [9.17, 15) is 4.79 Å². The fraction of sp³-hybridized carbons (Fsp3) is 0.429. The first-order chi connectivity index (χ1) is 12.8. The lowest BCUT2D eigenvalue weighted by molar-refractivity contribution is 0.0927. The Hall–Kier alpha value is -2.40. The molecular weight excluding hydrogens is 326 g/mol. The number of carbonyl (C=O) groups is 1. The van der Waals surface area contributed by atoms with Gasteiger partial charge in [0.05, 0.1) is 18.8 Å². The Morgan fingerprint density at radius 1 is 1.12 bits per heavy atom. The fourth-order valence-electron chi connectivity index (χ4n) is 3.81. The maximum absolute atomic E-state index is 12.6. The number of benzene rings is 1. The molecule has 2 heterocycles. The van der Waals surface area contributed by atoms with Gasteiger partial charge in [-0.25, -0.2) is 4.98 Å². The van der Waals surface area contributed by atoms with Crippen LogP contribution in [0.25, 0.3) is 0 Å². The molecule has 136 valence electrons. The maximum atomic E-state index is 12.6. The summed E-state index contributed by atoms with van der Waals surface area (Å²) in [5.41, 5.74) is 2.04. The van der Waals surface area contributed by atoms with E-state index in [1.807, 2.05) is 18.2 Å². The van der Waals surface area contributed by atoms with Crippen LogP contribution in [0.1, 0.15) is 35.2 Å². The van der Waals surface area contributed by atoms with Gasteiger partial charge in [0.25, 0.3) is 5.91 Å². The number of carbonyl (C=O) groups excluding carboxylic acids is 1. The fourth-order valence-corrected chi connectivity index (χ4v) is 3.81. The summed E-state index contributed by atoms with van der Waals surface area (Å²) in [6, 6.07) is 14.3. The summed E-state index contributed by atoms with van der Waals surface area (Å²) >= 11 is 0. The Labute approximate surface area is 154 Å². The highest BCUT2D eigenvalue weighted by atomic mass is 16.5. The van der Waals surface area contributed by atoms with E-state index in [1.165, 1.54) is 12.0 Å². The van der Waals surface area contributed by atoms with E-state index in [1.54, 1.807) is 6.20 Å². The second-order valence-electron chi connectivity index (χ2n) is 7.19. The normalized spacial score (nSPS) is 18.8. The van der Waals surface area contributed by atoms with Crippen molar-refractivity contribution in [1.82, 2.24) is 10.3 Å². The van der Waals surface area contributed by atoms with Crippen molar-refractivity contribution < 1.29 is 9.53 Å². The summed E-state index contributed by atoms with van der Waals surface area (Å²) < 4.78 is 5.37. The molecule has 1 aliphatic heterocycles. The molecule has 0 atom stereocenters. The van der Waals surface area contributed by atoms with Crippen molar-refractivity contribution in [3.63, 3.8) is 0 Å². The second kappa shape index (κ2) is 7.46. The molecule has 0 unspecified atom stereocenters. The van der Waals surface area contributed by atoms with Gasteiger partial charge in [-0.05, 0) is 30.5 Å². The smallest absolute Gasteiger partial charge is 0.252 e. The van der Waals surface area contributed by atoms with Crippen LogP contribution < -0.4 is 10.2 Å². The summed E-state index contributed by atoms with van der Waals surface area (Å²) in [6.45, 7) is 3.83. The predicted octanol–water partition coefficient (Wildman–Crippen LogP) is 2.77. The lowest BCUT2D eigenvalue weighted by Crippen LogP contribution is -2.45. The van der Waals surface area contributed by atoms with E-state index in [-0.39, 0.29) is 11.3 Å². The number of anilines is 1. The molecular formula is C21H25N3O2. The minimum Gasteiger partial charge on any atom is -0.378 e. The van der Waals surface area contributed by atoms with Crippen LogP contribution in [0.5, 0.6) is 0 Å². The number of aromatic nitrogens is 1. The Morgan fingerprint density at radius 3 is 2.50 bits per heavy atom. The molecule has 5 heteroatoms. The standard InChI is InChI=1S/C21H25N3O2/c25-20(17-7-8-19(22-15-17)24-11-13-26-14-12-24)23-16-21(9-4-10-21)18-5-2-1-3-6-18/h1-3,5-8,15H,4,9-14,16H2,(H,23,25). The first-order valence-corrected chi connectivity index (χ1v) is 9.39. The van der Waals surface area contributed by atoms with E-state index in [0.717, 1.165) is 45.0 Å². The van der Waals surface area contributed by atoms with Crippen molar-refractivity contribution in [3.8, 4) is 0 Å². The van der Waals surface area contributed by atoms with Crippen LogP contribution in [0, 0.1) is 0 Å². The SMILES string of the molecule is O=C(NCC1(c2ccccc2)CCC1)c1ccc(N2CCOCC2)nc1. The van der Waals surface area contributed by atoms with Gasteiger partial charge in [-0.15, -0.1) is 0 Å². The van der Waals surface area contributed by atoms with Crippen LogP contribution >= 0.6 is 0 Å². The molecule has 2 aromatic rings. The number of nitrogens with one attached hydrogen (secondary N) is 1. The summed E-state index contributed by atoms with van der Waals surface area (Å²) in [7, 11) is 0. The van der Waals surface area contributed by atoms with Crippen LogP contribution in [0.15, 0.2) is 48.7 Å². The topological polar surface area (TPSA) is 54.5 Å². The van der Waals surface area contributed by atoms with E-state index >= 15 is 0 Å². The Bertz CT molecular complexity index is 736. The number of hydrogen-bond donors (Lipinski definition) is 1. The number of ether oxygens (including phenoxy) is 1. The molecule has 5 nitrogen and oxygen atoms in total. The zero-order valence-electron chi connectivity index (χ0n) is 15.0. The number of rotatable bonds is 5. The zero-order chi connectivity index (χ0) is 17.8. The van der Waals surface area contributed by atoms with Gasteiger partial charge in [0.1, 0.15) is 5.82 Å². The average molecular weight is 351 g/mol. The monoisotopic (exact) mass is 351 g/mol. The number of pyridine rings is 1. The molecule has 1 N–H and O–H groups in total. The summed E-state index contributed by atoms with van der Waals surface area (Å²) in [5, 5.41) is 3.13. The quantitative estimate of drug-likeness (QED) is 0.900. The van der Waals surface area contributed by atoms with Crippen molar-refractivity contribution in [1.29, 1.82) is 0 Å². The van der Waals surface area contributed by atoms with Crippen LogP contribution in [-0.2, 0) is 10.2 Å². The van der Waals surface area contributed by atoms with Crippen molar-refractivity contribution in [2.24, 2.45) is 0 Å². The maximum Gasteiger partial charge on any atom is 0.252 e. The molecule has 0 bridgehead atoms. The zero-order valence-corrected chi connectivity index (χ0v) is 15.0. The molecule has 1 amide bonds. The average Bonchev–Trinajstić information content (AvgIpc) is 2.69. The van der Waals surface area contributed by atoms with Crippen LogP contribution in [-0.4, -0.2) is 43.7 Å². The minimum absolute atomic E-state index is 0.0479. The van der Waals surface area contributed by atoms with Crippen LogP contribution in [0.2, 0.25) is 0 Å². The number of hydrogen-bond acceptors (Lipinski definition) is 4. The first kappa shape index (κ1) is 17.0. The molecule has 2 fully saturated rings. The van der Waals surface area contributed by atoms with E-state index in [2.05, 4.69) is 39.5 Å². The summed E-state index contributed by atoms with van der Waals surface area (Å²) in [6.07, 6.45) is 5.16. The summed E-state index contributed by atoms with van der Waals surface area (Å²) in [4.78, 5) is 19.2. The summed E-state index contributed by atoms with van der Waals surface area (Å²) in [5.74, 6) is 0.859. The second-order valence-corrected chi connectivity index (χ2v) is 7.19. The van der Waals surface area contributed by atoms with Gasteiger partial charge in [-0.3, -0.25) is 4.79 Å². The van der Waals surface area contributed by atoms with Gasteiger partial charge in [-0.1, -0.05) is 36.8 Å². The Kier molecular flexibility index (Phi) is 4.89. The van der Waals surface area contributed by atoms with Crippen LogP contribution in [0.4, 0.5) is 5.82 Å². The number of nitrogens with zero attached hydrogens (tertiary/aromatic N) is 2. The van der Waals surface area contributed by atoms with Gasteiger partial charge in [0, 0.05) is 31.2 Å². The highest BCUT2D eigenvalue weighted by Crippen LogP contribution is 2.43. The third-order valence-corrected chi connectivity index (χ3v) is 5.63. The van der Waals surface area contributed by atoms with Crippen LogP contribution in [0.3, 0.4) is 0 Å². The van der Waals surface area contributed by atoms with E-state index in [4.69, 9.17) is 4.74 Å². The van der Waals surface area contributed by atoms with Gasteiger partial charge in [-0.2, -0.15) is 0 Å². The number of morpholine rings is 1. The minimum atomic E-state index is -0.0479. The molecule has 2 aliphatic rings. The molecule has 26 heavy (non-hydrogen) atoms. The molecule has 1 saturated carbocycles. The van der Waals surface area contributed by atoms with Gasteiger partial charge >= 0.3 is 0 Å². The highest BCUT2D eigenvalue weighted by molar-refractivity contribution is 5.94. The lowest BCUT2D eigenvalue weighted by atomic mass is 9.64. The Morgan fingerprint density at radius 2 is 1.88 bits per heavy atom. The molecule has 0 spiro atoms. The molecule has 0 radical (unpaired) electrons. The largest absolute Gasteiger partial charge is 0.378 e. The van der Waals surface area contributed by atoms with Crippen molar-refractivity contribution >= 4 is 11.7 Å². The predicted molar refractivity (Wildman–Crippen MR) is 102 cm³/mol. The highest BCUT2D eigenvalue weighted by Gasteiger charge is 2.38. The lowest BCUT2D eigenvalue weighted by Gasteiger charge is -2.42. The van der Waals surface area contributed by atoms with Gasteiger partial charge in [0.2, 0.25) is 0 Å². The third kappa shape index (κ3) is 3.44.